The average molecular weight is 479 g/mol. The molecular weight excluding hydrogens is 452 g/mol. The van der Waals surface area contributed by atoms with Gasteiger partial charge in [0.25, 0.3) is 0 Å². The summed E-state index contributed by atoms with van der Waals surface area (Å²) < 4.78 is 61.0. The molecule has 0 saturated heterocycles. The Hall–Kier alpha value is -2.67. The van der Waals surface area contributed by atoms with Crippen molar-refractivity contribution in [3.63, 3.8) is 0 Å². The van der Waals surface area contributed by atoms with Crippen LogP contribution in [0.5, 0.6) is 17.2 Å². The minimum absolute atomic E-state index is 0.216. The summed E-state index contributed by atoms with van der Waals surface area (Å²) in [6.45, 7) is 4.16. The molecule has 0 saturated carbocycles. The molecule has 1 unspecified atom stereocenters. The first-order valence-electron chi connectivity index (χ1n) is 10.6. The molecule has 3 rings (SSSR count). The van der Waals surface area contributed by atoms with Crippen molar-refractivity contribution < 1.29 is 27.0 Å². The first kappa shape index (κ1) is 25.0. The minimum Gasteiger partial charge on any atom is -0.457 e. The van der Waals surface area contributed by atoms with E-state index in [-0.39, 0.29) is 11.2 Å². The van der Waals surface area contributed by atoms with E-state index in [0.29, 0.717) is 0 Å². The Labute approximate surface area is 195 Å². The maximum atomic E-state index is 13.1. The molecule has 0 aliphatic rings. The fourth-order valence-corrected chi connectivity index (χ4v) is 4.57. The van der Waals surface area contributed by atoms with E-state index in [2.05, 4.69) is 18.6 Å². The maximum absolute atomic E-state index is 13.1. The van der Waals surface area contributed by atoms with E-state index in [0.717, 1.165) is 40.6 Å². The number of benzene rings is 3. The Morgan fingerprint density at radius 1 is 0.848 bits per heavy atom. The van der Waals surface area contributed by atoms with Crippen molar-refractivity contribution in [3.05, 3.63) is 90.0 Å². The smallest absolute Gasteiger partial charge is 0.457 e. The molecule has 33 heavy (non-hydrogen) atoms. The fourth-order valence-electron chi connectivity index (χ4n) is 3.23. The molecule has 0 spiro atoms. The van der Waals surface area contributed by atoms with Crippen LogP contribution in [-0.4, -0.2) is 18.3 Å². The number of ether oxygens (including phenoxy) is 2. The van der Waals surface area contributed by atoms with Gasteiger partial charge in [0.05, 0.1) is 0 Å². The molecule has 3 aromatic rings. The molecule has 0 amide bonds. The number of hydrogen-bond donors (Lipinski definition) is 0. The van der Waals surface area contributed by atoms with Gasteiger partial charge in [-0.25, -0.2) is 0 Å². The minimum atomic E-state index is -4.51. The lowest BCUT2D eigenvalue weighted by atomic mass is 9.82. The second kappa shape index (κ2) is 11.0. The van der Waals surface area contributed by atoms with Crippen LogP contribution in [0.2, 0.25) is 0 Å². The summed E-state index contributed by atoms with van der Waals surface area (Å²) in [5.74, 6) is 2.84. The molecule has 0 bridgehead atoms. The summed E-state index contributed by atoms with van der Waals surface area (Å²) >= 11 is 1.76. The first-order chi connectivity index (χ1) is 15.7. The summed E-state index contributed by atoms with van der Waals surface area (Å²) in [6, 6.07) is 23.5. The van der Waals surface area contributed by atoms with Gasteiger partial charge in [0, 0.05) is 16.9 Å². The molecule has 2 nitrogen and oxygen atoms in total. The predicted octanol–water partition coefficient (Wildman–Crippen LogP) is 8.32. The normalized spacial score (nSPS) is 13.5. The maximum Gasteiger partial charge on any atom is 0.461 e. The lowest BCUT2D eigenvalue weighted by Crippen LogP contribution is -2.33. The molecule has 0 aromatic heterocycles. The van der Waals surface area contributed by atoms with Crippen molar-refractivity contribution >= 4 is 11.8 Å². The molecular formula is C26H26F4O2S. The van der Waals surface area contributed by atoms with E-state index >= 15 is 0 Å². The standard InChI is InChI=1S/C26H26F4O2S/c1-3-25(2,20-12-14-22(15-13-20)32-26(29,30)24(27)28)18-33-17-19-8-7-11-23(16-19)31-21-9-5-4-6-10-21/h4-16,24H,3,17-18H2,1-2H3. The number of para-hydroxylation sites is 1. The van der Waals surface area contributed by atoms with E-state index in [1.807, 2.05) is 54.6 Å². The summed E-state index contributed by atoms with van der Waals surface area (Å²) in [5, 5.41) is 0. The van der Waals surface area contributed by atoms with E-state index in [1.54, 1.807) is 23.9 Å². The van der Waals surface area contributed by atoms with Crippen molar-refractivity contribution in [3.8, 4) is 17.2 Å². The lowest BCUT2D eigenvalue weighted by Gasteiger charge is -2.29. The molecule has 0 N–H and O–H groups in total. The van der Waals surface area contributed by atoms with Crippen LogP contribution < -0.4 is 9.47 Å². The highest BCUT2D eigenvalue weighted by Crippen LogP contribution is 2.35. The third-order valence-electron chi connectivity index (χ3n) is 5.41. The summed E-state index contributed by atoms with van der Waals surface area (Å²) in [5.41, 5.74) is 1.85. The topological polar surface area (TPSA) is 18.5 Å². The molecule has 1 atom stereocenters. The monoisotopic (exact) mass is 478 g/mol. The highest BCUT2D eigenvalue weighted by atomic mass is 32.2. The molecule has 0 aliphatic heterocycles. The number of thioether (sulfide) groups is 1. The van der Waals surface area contributed by atoms with Crippen LogP contribution in [0.4, 0.5) is 17.6 Å². The van der Waals surface area contributed by atoms with Gasteiger partial charge in [0.15, 0.2) is 0 Å². The van der Waals surface area contributed by atoms with Gasteiger partial charge in [0.2, 0.25) is 0 Å². The Bertz CT molecular complexity index is 1010. The van der Waals surface area contributed by atoms with Gasteiger partial charge in [-0.15, -0.1) is 0 Å². The summed E-state index contributed by atoms with van der Waals surface area (Å²) in [4.78, 5) is 0. The van der Waals surface area contributed by atoms with E-state index < -0.39 is 12.5 Å². The quantitative estimate of drug-likeness (QED) is 0.258. The summed E-state index contributed by atoms with van der Waals surface area (Å²) in [7, 11) is 0. The molecule has 176 valence electrons. The zero-order valence-electron chi connectivity index (χ0n) is 18.4. The largest absolute Gasteiger partial charge is 0.461 e. The fraction of sp³-hybridized carbons (Fsp3) is 0.308. The zero-order valence-corrected chi connectivity index (χ0v) is 19.3. The Morgan fingerprint density at radius 2 is 1.52 bits per heavy atom. The Kier molecular flexibility index (Phi) is 8.30. The van der Waals surface area contributed by atoms with Crippen LogP contribution in [0.3, 0.4) is 0 Å². The van der Waals surface area contributed by atoms with Crippen LogP contribution in [-0.2, 0) is 11.2 Å². The summed E-state index contributed by atoms with van der Waals surface area (Å²) in [6.07, 6.45) is -7.57. The second-order valence-corrected chi connectivity index (χ2v) is 8.94. The van der Waals surface area contributed by atoms with Crippen LogP contribution in [0.25, 0.3) is 0 Å². The van der Waals surface area contributed by atoms with Gasteiger partial charge in [-0.05, 0) is 53.9 Å². The van der Waals surface area contributed by atoms with Gasteiger partial charge < -0.3 is 9.47 Å². The van der Waals surface area contributed by atoms with Gasteiger partial charge >= 0.3 is 12.5 Å². The van der Waals surface area contributed by atoms with Crippen LogP contribution in [0, 0.1) is 0 Å². The van der Waals surface area contributed by atoms with Crippen molar-refractivity contribution in [2.75, 3.05) is 5.75 Å². The molecule has 7 heteroatoms. The predicted molar refractivity (Wildman–Crippen MR) is 125 cm³/mol. The van der Waals surface area contributed by atoms with E-state index in [9.17, 15) is 17.6 Å². The third-order valence-corrected chi connectivity index (χ3v) is 6.78. The average Bonchev–Trinajstić information content (AvgIpc) is 2.80. The Morgan fingerprint density at radius 3 is 2.15 bits per heavy atom. The van der Waals surface area contributed by atoms with Crippen molar-refractivity contribution in [1.82, 2.24) is 0 Å². The van der Waals surface area contributed by atoms with Gasteiger partial charge in [0.1, 0.15) is 17.2 Å². The molecule has 0 fully saturated rings. The van der Waals surface area contributed by atoms with Gasteiger partial charge in [-0.1, -0.05) is 56.3 Å². The third kappa shape index (κ3) is 6.90. The van der Waals surface area contributed by atoms with Gasteiger partial charge in [-0.3, -0.25) is 0 Å². The molecule has 0 radical (unpaired) electrons. The molecule has 0 heterocycles. The number of rotatable bonds is 11. The van der Waals surface area contributed by atoms with Crippen LogP contribution in [0.1, 0.15) is 31.4 Å². The highest BCUT2D eigenvalue weighted by Gasteiger charge is 2.44. The van der Waals surface area contributed by atoms with E-state index in [4.69, 9.17) is 4.74 Å². The highest BCUT2D eigenvalue weighted by molar-refractivity contribution is 7.98. The van der Waals surface area contributed by atoms with Crippen LogP contribution in [0.15, 0.2) is 78.9 Å². The Balaban J connectivity index is 1.60. The second-order valence-electron chi connectivity index (χ2n) is 7.96. The van der Waals surface area contributed by atoms with Crippen molar-refractivity contribution in [1.29, 1.82) is 0 Å². The van der Waals surface area contributed by atoms with Crippen LogP contribution >= 0.6 is 11.8 Å². The molecule has 0 aliphatic carbocycles. The van der Waals surface area contributed by atoms with E-state index in [1.165, 1.54) is 12.1 Å². The lowest BCUT2D eigenvalue weighted by molar-refractivity contribution is -0.253. The van der Waals surface area contributed by atoms with Gasteiger partial charge in [-0.2, -0.15) is 29.3 Å². The molecule has 3 aromatic carbocycles. The SMILES string of the molecule is CCC(C)(CSCc1cccc(Oc2ccccc2)c1)c1ccc(OC(F)(F)C(F)F)cc1. The number of hydrogen-bond acceptors (Lipinski definition) is 3. The van der Waals surface area contributed by atoms with Crippen molar-refractivity contribution in [2.24, 2.45) is 0 Å². The van der Waals surface area contributed by atoms with Crippen molar-refractivity contribution in [2.45, 2.75) is 44.0 Å². The first-order valence-corrected chi connectivity index (χ1v) is 11.7. The number of halogens is 4. The zero-order chi connectivity index (χ0) is 23.9. The number of alkyl halides is 4.